The van der Waals surface area contributed by atoms with Crippen LogP contribution in [0, 0.1) is 0 Å². The van der Waals surface area contributed by atoms with Crippen molar-refractivity contribution in [2.75, 3.05) is 12.4 Å². The van der Waals surface area contributed by atoms with Gasteiger partial charge in [-0.3, -0.25) is 4.79 Å². The molecule has 3 rings (SSSR count). The fourth-order valence-corrected chi connectivity index (χ4v) is 3.35. The van der Waals surface area contributed by atoms with E-state index < -0.39 is 6.10 Å². The number of hydrogen-bond acceptors (Lipinski definition) is 3. The molecule has 0 bridgehead atoms. The summed E-state index contributed by atoms with van der Waals surface area (Å²) in [7, 11) is 1.55. The molecule has 0 saturated heterocycles. The molecular formula is C20H22ClNO3. The van der Waals surface area contributed by atoms with Gasteiger partial charge >= 0.3 is 0 Å². The van der Waals surface area contributed by atoms with Gasteiger partial charge in [0.2, 0.25) is 0 Å². The summed E-state index contributed by atoms with van der Waals surface area (Å²) in [6.45, 7) is 1.75. The van der Waals surface area contributed by atoms with Gasteiger partial charge < -0.3 is 14.8 Å². The Morgan fingerprint density at radius 2 is 1.96 bits per heavy atom. The maximum atomic E-state index is 12.4. The van der Waals surface area contributed by atoms with E-state index in [1.165, 1.54) is 17.5 Å². The first-order valence-corrected chi connectivity index (χ1v) is 8.88. The smallest absolute Gasteiger partial charge is 0.265 e. The molecule has 1 aliphatic rings. The van der Waals surface area contributed by atoms with E-state index in [1.807, 2.05) is 12.1 Å². The highest BCUT2D eigenvalue weighted by molar-refractivity contribution is 6.32. The van der Waals surface area contributed by atoms with Crippen molar-refractivity contribution >= 4 is 23.2 Å². The summed E-state index contributed by atoms with van der Waals surface area (Å²) >= 11 is 6.09. The van der Waals surface area contributed by atoms with Crippen molar-refractivity contribution in [3.63, 3.8) is 0 Å². The van der Waals surface area contributed by atoms with E-state index in [-0.39, 0.29) is 5.91 Å². The Morgan fingerprint density at radius 1 is 1.16 bits per heavy atom. The molecule has 0 saturated carbocycles. The Hall–Kier alpha value is -2.20. The van der Waals surface area contributed by atoms with Crippen molar-refractivity contribution in [3.8, 4) is 11.5 Å². The molecule has 0 spiro atoms. The largest absolute Gasteiger partial charge is 0.495 e. The standard InChI is InChI=1S/C20H22ClNO3/c1-13(20(23)22-15-10-11-19(24-2)17(21)12-15)25-18-9-5-7-14-6-3-4-8-16(14)18/h5,7,9-13H,3-4,6,8H2,1-2H3,(H,22,23)/t13-/m0/s1. The van der Waals surface area contributed by atoms with E-state index in [9.17, 15) is 4.79 Å². The van der Waals surface area contributed by atoms with Crippen LogP contribution in [0.3, 0.4) is 0 Å². The predicted octanol–water partition coefficient (Wildman–Crippen LogP) is 4.63. The van der Waals surface area contributed by atoms with Crippen molar-refractivity contribution in [2.45, 2.75) is 38.7 Å². The lowest BCUT2D eigenvalue weighted by Gasteiger charge is -2.22. The quantitative estimate of drug-likeness (QED) is 0.846. The molecule has 1 aliphatic carbocycles. The van der Waals surface area contributed by atoms with Crippen LogP contribution in [0.2, 0.25) is 5.02 Å². The summed E-state index contributed by atoms with van der Waals surface area (Å²) in [6, 6.07) is 11.2. The van der Waals surface area contributed by atoms with Crippen LogP contribution in [0.5, 0.6) is 11.5 Å². The third-order valence-corrected chi connectivity index (χ3v) is 4.74. The fourth-order valence-electron chi connectivity index (χ4n) is 3.09. The van der Waals surface area contributed by atoms with Gasteiger partial charge in [0.1, 0.15) is 11.5 Å². The van der Waals surface area contributed by atoms with Crippen LogP contribution >= 0.6 is 11.6 Å². The van der Waals surface area contributed by atoms with Crippen molar-refractivity contribution in [2.24, 2.45) is 0 Å². The number of nitrogens with one attached hydrogen (secondary N) is 1. The molecule has 2 aromatic rings. The summed E-state index contributed by atoms with van der Waals surface area (Å²) in [5.41, 5.74) is 3.18. The predicted molar refractivity (Wildman–Crippen MR) is 99.8 cm³/mol. The number of methoxy groups -OCH3 is 1. The van der Waals surface area contributed by atoms with Crippen LogP contribution in [0.25, 0.3) is 0 Å². The molecule has 0 unspecified atom stereocenters. The number of rotatable bonds is 5. The number of aryl methyl sites for hydroxylation is 1. The fraction of sp³-hybridized carbons (Fsp3) is 0.350. The number of carbonyl (C=O) groups is 1. The van der Waals surface area contributed by atoms with Crippen LogP contribution in [0.15, 0.2) is 36.4 Å². The molecule has 1 atom stereocenters. The Labute approximate surface area is 153 Å². The molecule has 0 radical (unpaired) electrons. The van der Waals surface area contributed by atoms with Crippen LogP contribution in [-0.4, -0.2) is 19.1 Å². The Kier molecular flexibility index (Phi) is 5.49. The topological polar surface area (TPSA) is 47.6 Å². The van der Waals surface area contributed by atoms with Gasteiger partial charge in [-0.2, -0.15) is 0 Å². The number of halogens is 1. The van der Waals surface area contributed by atoms with Gasteiger partial charge in [-0.05, 0) is 68.0 Å². The van der Waals surface area contributed by atoms with E-state index in [0.717, 1.165) is 25.0 Å². The molecule has 5 heteroatoms. The van der Waals surface area contributed by atoms with E-state index >= 15 is 0 Å². The SMILES string of the molecule is COc1ccc(NC(=O)[C@H](C)Oc2cccc3c2CCCC3)cc1Cl. The lowest BCUT2D eigenvalue weighted by Crippen LogP contribution is -2.30. The van der Waals surface area contributed by atoms with Gasteiger partial charge in [0, 0.05) is 5.69 Å². The van der Waals surface area contributed by atoms with Gasteiger partial charge in [0.05, 0.1) is 12.1 Å². The molecule has 132 valence electrons. The van der Waals surface area contributed by atoms with Crippen LogP contribution in [0.4, 0.5) is 5.69 Å². The molecule has 1 amide bonds. The lowest BCUT2D eigenvalue weighted by molar-refractivity contribution is -0.122. The summed E-state index contributed by atoms with van der Waals surface area (Å²) in [5, 5.41) is 3.28. The maximum absolute atomic E-state index is 12.4. The van der Waals surface area contributed by atoms with E-state index in [4.69, 9.17) is 21.1 Å². The number of fused-ring (bicyclic) bond motifs is 1. The van der Waals surface area contributed by atoms with Gasteiger partial charge in [-0.15, -0.1) is 0 Å². The van der Waals surface area contributed by atoms with Crippen LogP contribution < -0.4 is 14.8 Å². The Balaban J connectivity index is 1.68. The molecular weight excluding hydrogens is 338 g/mol. The van der Waals surface area contributed by atoms with Crippen molar-refractivity contribution in [1.82, 2.24) is 0 Å². The monoisotopic (exact) mass is 359 g/mol. The van der Waals surface area contributed by atoms with Crippen molar-refractivity contribution < 1.29 is 14.3 Å². The zero-order chi connectivity index (χ0) is 17.8. The van der Waals surface area contributed by atoms with Gasteiger partial charge in [0.15, 0.2) is 6.10 Å². The number of ether oxygens (including phenoxy) is 2. The van der Waals surface area contributed by atoms with Gasteiger partial charge in [-0.25, -0.2) is 0 Å². The molecule has 1 N–H and O–H groups in total. The minimum atomic E-state index is -0.602. The number of amides is 1. The third kappa shape index (κ3) is 4.07. The number of carbonyl (C=O) groups excluding carboxylic acids is 1. The van der Waals surface area contributed by atoms with E-state index in [2.05, 4.69) is 11.4 Å². The van der Waals surface area contributed by atoms with Gasteiger partial charge in [-0.1, -0.05) is 23.7 Å². The van der Waals surface area contributed by atoms with Crippen LogP contribution in [-0.2, 0) is 17.6 Å². The second kappa shape index (κ2) is 7.79. The molecule has 0 fully saturated rings. The Morgan fingerprint density at radius 3 is 2.72 bits per heavy atom. The Bertz CT molecular complexity index is 776. The van der Waals surface area contributed by atoms with Crippen LogP contribution in [0.1, 0.15) is 30.9 Å². The first-order valence-electron chi connectivity index (χ1n) is 8.50. The minimum absolute atomic E-state index is 0.213. The van der Waals surface area contributed by atoms with E-state index in [0.29, 0.717) is 16.5 Å². The number of benzene rings is 2. The zero-order valence-electron chi connectivity index (χ0n) is 14.5. The second-order valence-electron chi connectivity index (χ2n) is 6.20. The normalized spacial score (nSPS) is 14.4. The van der Waals surface area contributed by atoms with E-state index in [1.54, 1.807) is 32.2 Å². The number of hydrogen-bond donors (Lipinski definition) is 1. The molecule has 0 heterocycles. The second-order valence-corrected chi connectivity index (χ2v) is 6.61. The molecule has 25 heavy (non-hydrogen) atoms. The van der Waals surface area contributed by atoms with Gasteiger partial charge in [0.25, 0.3) is 5.91 Å². The molecule has 0 aromatic heterocycles. The number of anilines is 1. The zero-order valence-corrected chi connectivity index (χ0v) is 15.2. The highest BCUT2D eigenvalue weighted by Gasteiger charge is 2.19. The first kappa shape index (κ1) is 17.6. The summed E-state index contributed by atoms with van der Waals surface area (Å²) in [5.74, 6) is 1.17. The summed E-state index contributed by atoms with van der Waals surface area (Å²) in [4.78, 5) is 12.4. The highest BCUT2D eigenvalue weighted by atomic mass is 35.5. The average Bonchev–Trinajstić information content (AvgIpc) is 2.62. The van der Waals surface area contributed by atoms with Crippen molar-refractivity contribution in [3.05, 3.63) is 52.5 Å². The molecule has 4 nitrogen and oxygen atoms in total. The molecule has 2 aromatic carbocycles. The first-order chi connectivity index (χ1) is 12.1. The summed E-state index contributed by atoms with van der Waals surface area (Å²) in [6.07, 6.45) is 3.86. The lowest BCUT2D eigenvalue weighted by atomic mass is 9.91. The molecule has 0 aliphatic heterocycles. The van der Waals surface area contributed by atoms with Crippen molar-refractivity contribution in [1.29, 1.82) is 0 Å². The maximum Gasteiger partial charge on any atom is 0.265 e. The average molecular weight is 360 g/mol. The third-order valence-electron chi connectivity index (χ3n) is 4.45. The summed E-state index contributed by atoms with van der Waals surface area (Å²) < 4.78 is 11.1. The minimum Gasteiger partial charge on any atom is -0.495 e. The highest BCUT2D eigenvalue weighted by Crippen LogP contribution is 2.30.